The first kappa shape index (κ1) is 15.5. The highest BCUT2D eigenvalue weighted by molar-refractivity contribution is 7.99. The van der Waals surface area contributed by atoms with Crippen molar-refractivity contribution < 1.29 is 14.7 Å². The lowest BCUT2D eigenvalue weighted by atomic mass is 9.95. The average molecular weight is 300 g/mol. The third kappa shape index (κ3) is 4.58. The fourth-order valence-corrected chi connectivity index (χ4v) is 4.12. The molecule has 1 saturated carbocycles. The second-order valence-electron chi connectivity index (χ2n) is 5.69. The minimum Gasteiger partial charge on any atom is -0.481 e. The van der Waals surface area contributed by atoms with E-state index in [1.165, 1.54) is 0 Å². The topological polar surface area (TPSA) is 78.4 Å². The molecule has 0 aromatic rings. The minimum absolute atomic E-state index is 0.194. The summed E-state index contributed by atoms with van der Waals surface area (Å²) in [4.78, 5) is 23.4. The first-order chi connectivity index (χ1) is 9.66. The largest absolute Gasteiger partial charge is 0.481 e. The molecule has 2 rings (SSSR count). The summed E-state index contributed by atoms with van der Waals surface area (Å²) in [5.74, 6) is 0.953. The van der Waals surface area contributed by atoms with Crippen LogP contribution < -0.4 is 10.6 Å². The van der Waals surface area contributed by atoms with Gasteiger partial charge in [-0.3, -0.25) is 4.79 Å². The molecule has 2 unspecified atom stereocenters. The minimum atomic E-state index is -0.786. The zero-order chi connectivity index (χ0) is 14.4. The van der Waals surface area contributed by atoms with Crippen LogP contribution in [0.3, 0.4) is 0 Å². The fraction of sp³-hybridized carbons (Fsp3) is 0.857. The molecule has 6 heteroatoms. The number of aliphatic carboxylic acids is 1. The van der Waals surface area contributed by atoms with Crippen LogP contribution in [0.15, 0.2) is 0 Å². The molecule has 114 valence electrons. The molecule has 2 fully saturated rings. The standard InChI is InChI=1S/C14H24N2O3S/c17-13(18)11-4-2-1-3-5-12(11)16-14(19)15-10-6-8-20-9-7-10/h10-12H,1-9H2,(H,17,18)(H2,15,16,19). The Morgan fingerprint density at radius 1 is 0.950 bits per heavy atom. The summed E-state index contributed by atoms with van der Waals surface area (Å²) in [5.41, 5.74) is 0. The summed E-state index contributed by atoms with van der Waals surface area (Å²) in [6.07, 6.45) is 6.44. The summed E-state index contributed by atoms with van der Waals surface area (Å²) < 4.78 is 0. The Hall–Kier alpha value is -0.910. The summed E-state index contributed by atoms with van der Waals surface area (Å²) in [7, 11) is 0. The number of nitrogens with one attached hydrogen (secondary N) is 2. The van der Waals surface area contributed by atoms with E-state index in [1.54, 1.807) is 0 Å². The highest BCUT2D eigenvalue weighted by Crippen LogP contribution is 2.24. The number of carboxylic acids is 1. The van der Waals surface area contributed by atoms with Crippen LogP contribution in [0.2, 0.25) is 0 Å². The van der Waals surface area contributed by atoms with E-state index in [1.807, 2.05) is 11.8 Å². The molecule has 0 radical (unpaired) electrons. The number of urea groups is 1. The Morgan fingerprint density at radius 2 is 1.65 bits per heavy atom. The van der Waals surface area contributed by atoms with Gasteiger partial charge in [0.1, 0.15) is 0 Å². The van der Waals surface area contributed by atoms with Crippen LogP contribution in [-0.2, 0) is 4.79 Å². The van der Waals surface area contributed by atoms with Gasteiger partial charge < -0.3 is 15.7 Å². The quantitative estimate of drug-likeness (QED) is 0.698. The maximum atomic E-state index is 12.0. The highest BCUT2D eigenvalue weighted by atomic mass is 32.2. The van der Waals surface area contributed by atoms with Crippen molar-refractivity contribution in [2.24, 2.45) is 5.92 Å². The van der Waals surface area contributed by atoms with Crippen LogP contribution in [-0.4, -0.2) is 40.7 Å². The van der Waals surface area contributed by atoms with Gasteiger partial charge in [-0.15, -0.1) is 0 Å². The van der Waals surface area contributed by atoms with Gasteiger partial charge in [-0.25, -0.2) is 4.79 Å². The molecule has 0 spiro atoms. The van der Waals surface area contributed by atoms with E-state index in [4.69, 9.17) is 0 Å². The number of carbonyl (C=O) groups excluding carboxylic acids is 1. The Labute approximate surface area is 124 Å². The van der Waals surface area contributed by atoms with E-state index in [0.717, 1.165) is 50.0 Å². The van der Waals surface area contributed by atoms with E-state index in [-0.39, 0.29) is 18.1 Å². The van der Waals surface area contributed by atoms with Crippen molar-refractivity contribution in [3.05, 3.63) is 0 Å². The molecule has 1 aliphatic carbocycles. The summed E-state index contributed by atoms with van der Waals surface area (Å²) in [5, 5.41) is 15.2. The Kier molecular flexibility index (Phi) is 6.01. The maximum Gasteiger partial charge on any atom is 0.315 e. The van der Waals surface area contributed by atoms with Crippen molar-refractivity contribution in [2.45, 2.75) is 57.0 Å². The summed E-state index contributed by atoms with van der Waals surface area (Å²) >= 11 is 1.92. The van der Waals surface area contributed by atoms with E-state index < -0.39 is 11.9 Å². The van der Waals surface area contributed by atoms with Gasteiger partial charge in [0.05, 0.1) is 5.92 Å². The van der Waals surface area contributed by atoms with Crippen LogP contribution in [0.5, 0.6) is 0 Å². The van der Waals surface area contributed by atoms with Gasteiger partial charge in [0.25, 0.3) is 0 Å². The number of hydrogen-bond donors (Lipinski definition) is 3. The predicted octanol–water partition coefficient (Wildman–Crippen LogP) is 2.21. The molecule has 2 atom stereocenters. The Balaban J connectivity index is 1.85. The number of amides is 2. The molecular formula is C14H24N2O3S. The SMILES string of the molecule is O=C(NC1CCSCC1)NC1CCCCCC1C(=O)O. The lowest BCUT2D eigenvalue weighted by Crippen LogP contribution is -2.50. The number of thioether (sulfide) groups is 1. The third-order valence-corrected chi connectivity index (χ3v) is 5.25. The lowest BCUT2D eigenvalue weighted by Gasteiger charge is -2.26. The van der Waals surface area contributed by atoms with Crippen molar-refractivity contribution in [2.75, 3.05) is 11.5 Å². The Morgan fingerprint density at radius 3 is 2.35 bits per heavy atom. The zero-order valence-corrected chi connectivity index (χ0v) is 12.6. The fourth-order valence-electron chi connectivity index (χ4n) is 3.01. The van der Waals surface area contributed by atoms with Crippen LogP contribution in [0.1, 0.15) is 44.9 Å². The monoisotopic (exact) mass is 300 g/mol. The van der Waals surface area contributed by atoms with Gasteiger partial charge in [-0.05, 0) is 37.2 Å². The lowest BCUT2D eigenvalue weighted by molar-refractivity contribution is -0.142. The van der Waals surface area contributed by atoms with Crippen LogP contribution >= 0.6 is 11.8 Å². The molecule has 1 saturated heterocycles. The normalized spacial score (nSPS) is 28.4. The van der Waals surface area contributed by atoms with Crippen molar-refractivity contribution >= 4 is 23.8 Å². The van der Waals surface area contributed by atoms with E-state index >= 15 is 0 Å². The maximum absolute atomic E-state index is 12.0. The van der Waals surface area contributed by atoms with E-state index in [9.17, 15) is 14.7 Å². The molecule has 0 aromatic heterocycles. The molecule has 1 heterocycles. The average Bonchev–Trinajstić information content (AvgIpc) is 2.65. The molecule has 0 aromatic carbocycles. The van der Waals surface area contributed by atoms with Gasteiger partial charge in [-0.2, -0.15) is 11.8 Å². The first-order valence-electron chi connectivity index (χ1n) is 7.54. The number of carboxylic acid groups (broad SMARTS) is 1. The Bertz CT molecular complexity index is 345. The van der Waals surface area contributed by atoms with Crippen molar-refractivity contribution in [1.82, 2.24) is 10.6 Å². The van der Waals surface area contributed by atoms with Gasteiger partial charge >= 0.3 is 12.0 Å². The molecular weight excluding hydrogens is 276 g/mol. The zero-order valence-electron chi connectivity index (χ0n) is 11.8. The third-order valence-electron chi connectivity index (χ3n) is 4.21. The highest BCUT2D eigenvalue weighted by Gasteiger charge is 2.31. The van der Waals surface area contributed by atoms with Gasteiger partial charge in [0.15, 0.2) is 0 Å². The van der Waals surface area contributed by atoms with E-state index in [0.29, 0.717) is 6.42 Å². The van der Waals surface area contributed by atoms with Crippen molar-refractivity contribution in [1.29, 1.82) is 0 Å². The predicted molar refractivity (Wildman–Crippen MR) is 80.0 cm³/mol. The molecule has 20 heavy (non-hydrogen) atoms. The van der Waals surface area contributed by atoms with E-state index in [2.05, 4.69) is 10.6 Å². The molecule has 0 bridgehead atoms. The number of hydrogen-bond acceptors (Lipinski definition) is 3. The second-order valence-corrected chi connectivity index (χ2v) is 6.92. The molecule has 5 nitrogen and oxygen atoms in total. The van der Waals surface area contributed by atoms with Crippen LogP contribution in [0.4, 0.5) is 4.79 Å². The van der Waals surface area contributed by atoms with Gasteiger partial charge in [0, 0.05) is 12.1 Å². The van der Waals surface area contributed by atoms with Crippen LogP contribution in [0, 0.1) is 5.92 Å². The van der Waals surface area contributed by atoms with Gasteiger partial charge in [0.2, 0.25) is 0 Å². The van der Waals surface area contributed by atoms with Crippen molar-refractivity contribution in [3.8, 4) is 0 Å². The molecule has 2 aliphatic rings. The molecule has 2 amide bonds. The van der Waals surface area contributed by atoms with Gasteiger partial charge in [-0.1, -0.05) is 19.3 Å². The number of carbonyl (C=O) groups is 2. The first-order valence-corrected chi connectivity index (χ1v) is 8.70. The van der Waals surface area contributed by atoms with Crippen LogP contribution in [0.25, 0.3) is 0 Å². The summed E-state index contributed by atoms with van der Waals surface area (Å²) in [6.45, 7) is 0. The second kappa shape index (κ2) is 7.76. The molecule has 3 N–H and O–H groups in total. The number of rotatable bonds is 3. The smallest absolute Gasteiger partial charge is 0.315 e. The summed E-state index contributed by atoms with van der Waals surface area (Å²) in [6, 6.07) is -0.182. The molecule has 1 aliphatic heterocycles. The van der Waals surface area contributed by atoms with Crippen molar-refractivity contribution in [3.63, 3.8) is 0 Å².